The molecule has 0 amide bonds. The van der Waals surface area contributed by atoms with Gasteiger partial charge in [-0.15, -0.1) is 0 Å². The Bertz CT molecular complexity index is 522. The minimum Gasteiger partial charge on any atom is -0.378 e. The first-order valence-electron chi connectivity index (χ1n) is 6.27. The fraction of sp³-hybridized carbons (Fsp3) is 0.250. The van der Waals surface area contributed by atoms with E-state index in [1.165, 1.54) is 11.1 Å². The summed E-state index contributed by atoms with van der Waals surface area (Å²) in [6.07, 6.45) is 1.02. The topological polar surface area (TPSA) is 12.0 Å². The molecule has 1 atom stereocenters. The van der Waals surface area contributed by atoms with Crippen molar-refractivity contribution in [1.29, 1.82) is 0 Å². The normalized spacial score (nSPS) is 12.2. The zero-order valence-electron chi connectivity index (χ0n) is 10.8. The maximum absolute atomic E-state index is 6.05. The van der Waals surface area contributed by atoms with Gasteiger partial charge >= 0.3 is 0 Å². The van der Waals surface area contributed by atoms with E-state index in [9.17, 15) is 0 Å². The monoisotopic (exact) mass is 259 g/mol. The molecule has 0 saturated carbocycles. The number of aryl methyl sites for hydroxylation is 1. The molecule has 18 heavy (non-hydrogen) atoms. The van der Waals surface area contributed by atoms with E-state index in [0.29, 0.717) is 6.04 Å². The third-order valence-corrected chi connectivity index (χ3v) is 3.25. The van der Waals surface area contributed by atoms with Crippen LogP contribution in [0.3, 0.4) is 0 Å². The van der Waals surface area contributed by atoms with Gasteiger partial charge in [-0.2, -0.15) is 0 Å². The molecule has 1 nitrogen and oxygen atoms in total. The van der Waals surface area contributed by atoms with Gasteiger partial charge in [0.25, 0.3) is 0 Å². The highest BCUT2D eigenvalue weighted by Gasteiger charge is 2.09. The van der Waals surface area contributed by atoms with Gasteiger partial charge in [0.1, 0.15) is 0 Å². The average Bonchev–Trinajstić information content (AvgIpc) is 2.36. The lowest BCUT2D eigenvalue weighted by Gasteiger charge is -2.19. The van der Waals surface area contributed by atoms with E-state index in [0.717, 1.165) is 17.1 Å². The van der Waals surface area contributed by atoms with Gasteiger partial charge in [0.2, 0.25) is 0 Å². The summed E-state index contributed by atoms with van der Waals surface area (Å²) in [5.74, 6) is 0. The second-order valence-electron chi connectivity index (χ2n) is 4.53. The Morgan fingerprint density at radius 1 is 1.11 bits per heavy atom. The third-order valence-electron chi connectivity index (χ3n) is 3.02. The van der Waals surface area contributed by atoms with Gasteiger partial charge < -0.3 is 5.32 Å². The maximum atomic E-state index is 6.05. The number of hydrogen-bond donors (Lipinski definition) is 1. The lowest BCUT2D eigenvalue weighted by atomic mass is 10.0. The Balaban J connectivity index is 2.19. The van der Waals surface area contributed by atoms with Gasteiger partial charge in [0.05, 0.1) is 6.04 Å². The summed E-state index contributed by atoms with van der Waals surface area (Å²) in [5.41, 5.74) is 3.65. The molecule has 2 heteroatoms. The van der Waals surface area contributed by atoms with E-state index in [-0.39, 0.29) is 0 Å². The first kappa shape index (κ1) is 13.0. The summed E-state index contributed by atoms with van der Waals surface area (Å²) < 4.78 is 0. The molecule has 1 unspecified atom stereocenters. The number of benzene rings is 2. The summed E-state index contributed by atoms with van der Waals surface area (Å²) in [6, 6.07) is 16.8. The van der Waals surface area contributed by atoms with Crippen LogP contribution >= 0.6 is 11.6 Å². The highest BCUT2D eigenvalue weighted by atomic mass is 35.5. The molecule has 0 heterocycles. The standard InChI is InChI=1S/C16H18ClN/c1-3-16(13-7-5-8-14(17)11-13)18-15-9-4-6-12(2)10-15/h4-11,16,18H,3H2,1-2H3. The van der Waals surface area contributed by atoms with Crippen LogP contribution in [0.4, 0.5) is 5.69 Å². The summed E-state index contributed by atoms with van der Waals surface area (Å²) in [5, 5.41) is 4.34. The molecule has 0 saturated heterocycles. The van der Waals surface area contributed by atoms with E-state index in [2.05, 4.69) is 49.5 Å². The van der Waals surface area contributed by atoms with Crippen LogP contribution in [0, 0.1) is 6.92 Å². The van der Waals surface area contributed by atoms with Crippen LogP contribution in [0.1, 0.15) is 30.5 Å². The Hall–Kier alpha value is -1.47. The minimum absolute atomic E-state index is 0.297. The van der Waals surface area contributed by atoms with Crippen molar-refractivity contribution in [2.45, 2.75) is 26.3 Å². The van der Waals surface area contributed by atoms with Crippen molar-refractivity contribution in [1.82, 2.24) is 0 Å². The second kappa shape index (κ2) is 5.92. The Morgan fingerprint density at radius 3 is 2.56 bits per heavy atom. The first-order chi connectivity index (χ1) is 8.69. The smallest absolute Gasteiger partial charge is 0.0511 e. The van der Waals surface area contributed by atoms with Crippen molar-refractivity contribution in [3.63, 3.8) is 0 Å². The Kier molecular flexibility index (Phi) is 4.27. The predicted molar refractivity (Wildman–Crippen MR) is 79.3 cm³/mol. The zero-order chi connectivity index (χ0) is 13.0. The van der Waals surface area contributed by atoms with Crippen molar-refractivity contribution in [3.8, 4) is 0 Å². The number of halogens is 1. The number of hydrogen-bond acceptors (Lipinski definition) is 1. The summed E-state index contributed by atoms with van der Waals surface area (Å²) in [4.78, 5) is 0. The van der Waals surface area contributed by atoms with Crippen molar-refractivity contribution in [2.24, 2.45) is 0 Å². The van der Waals surface area contributed by atoms with Crippen LogP contribution in [0.5, 0.6) is 0 Å². The van der Waals surface area contributed by atoms with Gasteiger partial charge in [-0.25, -0.2) is 0 Å². The van der Waals surface area contributed by atoms with E-state index in [1.54, 1.807) is 0 Å². The number of nitrogens with one attached hydrogen (secondary N) is 1. The summed E-state index contributed by atoms with van der Waals surface area (Å²) in [6.45, 7) is 4.28. The lowest BCUT2D eigenvalue weighted by molar-refractivity contribution is 0.749. The van der Waals surface area contributed by atoms with Gasteiger partial charge in [0.15, 0.2) is 0 Å². The summed E-state index contributed by atoms with van der Waals surface area (Å²) in [7, 11) is 0. The SMILES string of the molecule is CCC(Nc1cccc(C)c1)c1cccc(Cl)c1. The van der Waals surface area contributed by atoms with Crippen LogP contribution in [0.2, 0.25) is 5.02 Å². The molecule has 0 fully saturated rings. The van der Waals surface area contributed by atoms with Gasteiger partial charge in [-0.1, -0.05) is 42.8 Å². The zero-order valence-corrected chi connectivity index (χ0v) is 11.5. The van der Waals surface area contributed by atoms with E-state index in [4.69, 9.17) is 11.6 Å². The molecule has 2 rings (SSSR count). The van der Waals surface area contributed by atoms with E-state index in [1.807, 2.05) is 18.2 Å². The van der Waals surface area contributed by atoms with Crippen molar-refractivity contribution >= 4 is 17.3 Å². The Labute approximate surface area is 114 Å². The molecular weight excluding hydrogens is 242 g/mol. The molecule has 0 radical (unpaired) electrons. The van der Waals surface area contributed by atoms with E-state index >= 15 is 0 Å². The molecule has 0 aliphatic heterocycles. The second-order valence-corrected chi connectivity index (χ2v) is 4.97. The quantitative estimate of drug-likeness (QED) is 0.795. The van der Waals surface area contributed by atoms with E-state index < -0.39 is 0 Å². The molecule has 0 aliphatic carbocycles. The highest BCUT2D eigenvalue weighted by Crippen LogP contribution is 2.25. The molecule has 94 valence electrons. The molecule has 0 bridgehead atoms. The average molecular weight is 260 g/mol. The molecule has 2 aromatic carbocycles. The van der Waals surface area contributed by atoms with Crippen LogP contribution in [-0.2, 0) is 0 Å². The van der Waals surface area contributed by atoms with Crippen LogP contribution in [0.25, 0.3) is 0 Å². The van der Waals surface area contributed by atoms with Crippen LogP contribution in [-0.4, -0.2) is 0 Å². The predicted octanol–water partition coefficient (Wildman–Crippen LogP) is 5.21. The number of rotatable bonds is 4. The van der Waals surface area contributed by atoms with Crippen molar-refractivity contribution < 1.29 is 0 Å². The van der Waals surface area contributed by atoms with Crippen molar-refractivity contribution in [2.75, 3.05) is 5.32 Å². The lowest BCUT2D eigenvalue weighted by Crippen LogP contribution is -2.09. The minimum atomic E-state index is 0.297. The van der Waals surface area contributed by atoms with Gasteiger partial charge in [-0.3, -0.25) is 0 Å². The van der Waals surface area contributed by atoms with Gasteiger partial charge in [0, 0.05) is 10.7 Å². The molecule has 0 aromatic heterocycles. The molecule has 1 N–H and O–H groups in total. The molecule has 0 spiro atoms. The maximum Gasteiger partial charge on any atom is 0.0511 e. The van der Waals surface area contributed by atoms with Crippen LogP contribution < -0.4 is 5.32 Å². The molecular formula is C16H18ClN. The van der Waals surface area contributed by atoms with Crippen LogP contribution in [0.15, 0.2) is 48.5 Å². The summed E-state index contributed by atoms with van der Waals surface area (Å²) >= 11 is 6.05. The largest absolute Gasteiger partial charge is 0.378 e. The number of anilines is 1. The highest BCUT2D eigenvalue weighted by molar-refractivity contribution is 6.30. The van der Waals surface area contributed by atoms with Crippen molar-refractivity contribution in [3.05, 3.63) is 64.7 Å². The van der Waals surface area contributed by atoms with Gasteiger partial charge in [-0.05, 0) is 48.7 Å². The molecule has 0 aliphatic rings. The fourth-order valence-electron chi connectivity index (χ4n) is 2.08. The Morgan fingerprint density at radius 2 is 1.89 bits per heavy atom. The third kappa shape index (κ3) is 3.27. The molecule has 2 aromatic rings. The first-order valence-corrected chi connectivity index (χ1v) is 6.65. The fourth-order valence-corrected chi connectivity index (χ4v) is 2.28.